The van der Waals surface area contributed by atoms with E-state index in [1.54, 1.807) is 11.8 Å². The first kappa shape index (κ1) is 14.7. The average molecular weight is 301 g/mol. The van der Waals surface area contributed by atoms with Crippen LogP contribution in [-0.2, 0) is 4.79 Å². The lowest BCUT2D eigenvalue weighted by molar-refractivity contribution is -0.384. The summed E-state index contributed by atoms with van der Waals surface area (Å²) >= 11 is 5.71. The molecule has 0 saturated carbocycles. The maximum Gasteiger partial charge on any atom is 0.295 e. The van der Waals surface area contributed by atoms with Crippen LogP contribution >= 0.6 is 11.6 Å². The van der Waals surface area contributed by atoms with Crippen molar-refractivity contribution < 1.29 is 14.1 Å². The molecule has 0 atom stereocenters. The zero-order valence-corrected chi connectivity index (χ0v) is 11.7. The van der Waals surface area contributed by atoms with Gasteiger partial charge in [0.2, 0.25) is 0 Å². The maximum absolute atomic E-state index is 13.4. The second kappa shape index (κ2) is 5.75. The third-order valence-electron chi connectivity index (χ3n) is 3.62. The van der Waals surface area contributed by atoms with Crippen molar-refractivity contribution in [1.82, 2.24) is 0 Å². The number of rotatable bonds is 3. The van der Waals surface area contributed by atoms with Crippen molar-refractivity contribution in [2.45, 2.75) is 19.8 Å². The molecular formula is C13H14ClFN2O3. The van der Waals surface area contributed by atoms with Gasteiger partial charge in [-0.1, -0.05) is 11.6 Å². The summed E-state index contributed by atoms with van der Waals surface area (Å²) in [6, 6.07) is 2.12. The Morgan fingerprint density at radius 3 is 2.55 bits per heavy atom. The van der Waals surface area contributed by atoms with E-state index in [1.165, 1.54) is 6.07 Å². The smallest absolute Gasteiger partial charge is 0.295 e. The minimum absolute atomic E-state index is 0.00114. The molecule has 7 heteroatoms. The molecule has 5 nitrogen and oxygen atoms in total. The van der Waals surface area contributed by atoms with Gasteiger partial charge in [-0.05, 0) is 25.8 Å². The van der Waals surface area contributed by atoms with Crippen molar-refractivity contribution in [3.05, 3.63) is 33.1 Å². The number of halogens is 2. The second-order valence-electron chi connectivity index (χ2n) is 4.88. The first-order valence-corrected chi connectivity index (χ1v) is 6.66. The molecule has 2 rings (SSSR count). The molecule has 1 aromatic carbocycles. The van der Waals surface area contributed by atoms with Gasteiger partial charge >= 0.3 is 0 Å². The Labute approximate surface area is 120 Å². The first-order chi connectivity index (χ1) is 9.40. The molecule has 0 radical (unpaired) electrons. The van der Waals surface area contributed by atoms with Gasteiger partial charge in [-0.15, -0.1) is 0 Å². The van der Waals surface area contributed by atoms with E-state index in [1.807, 2.05) is 0 Å². The third-order valence-corrected chi connectivity index (χ3v) is 3.91. The van der Waals surface area contributed by atoms with Crippen LogP contribution in [0.2, 0.25) is 5.02 Å². The molecule has 1 saturated heterocycles. The van der Waals surface area contributed by atoms with Gasteiger partial charge in [-0.3, -0.25) is 14.9 Å². The number of nitrogens with zero attached hydrogens (tertiary/aromatic N) is 2. The van der Waals surface area contributed by atoms with Crippen LogP contribution in [0.5, 0.6) is 0 Å². The number of nitro groups is 1. The van der Waals surface area contributed by atoms with Crippen molar-refractivity contribution in [2.24, 2.45) is 5.92 Å². The summed E-state index contributed by atoms with van der Waals surface area (Å²) in [6.45, 7) is 2.59. The SMILES string of the molecule is CC(=O)C1CCN(c2cc(Cl)c(F)cc2[N+](=O)[O-])CC1. The van der Waals surface area contributed by atoms with Crippen molar-refractivity contribution in [3.63, 3.8) is 0 Å². The quantitative estimate of drug-likeness (QED) is 0.635. The van der Waals surface area contributed by atoms with E-state index in [0.717, 1.165) is 6.07 Å². The summed E-state index contributed by atoms with van der Waals surface area (Å²) in [5.41, 5.74) is 0.0107. The fraction of sp³-hybridized carbons (Fsp3) is 0.462. The number of hydrogen-bond donors (Lipinski definition) is 0. The Morgan fingerprint density at radius 2 is 2.05 bits per heavy atom. The van der Waals surface area contributed by atoms with Crippen LogP contribution in [0.15, 0.2) is 12.1 Å². The lowest BCUT2D eigenvalue weighted by Crippen LogP contribution is -2.36. The number of ketones is 1. The van der Waals surface area contributed by atoms with Gasteiger partial charge in [0.25, 0.3) is 5.69 Å². The Morgan fingerprint density at radius 1 is 1.45 bits per heavy atom. The number of anilines is 1. The minimum atomic E-state index is -0.805. The second-order valence-corrected chi connectivity index (χ2v) is 5.29. The number of piperidine rings is 1. The number of carbonyl (C=O) groups excluding carboxylic acids is 1. The summed E-state index contributed by atoms with van der Waals surface area (Å²) in [6.07, 6.45) is 1.28. The standard InChI is InChI=1S/C13H14ClFN2O3/c1-8(18)9-2-4-16(5-3-9)12-6-10(14)11(15)7-13(12)17(19)20/h6-7,9H,2-5H2,1H3. The number of nitro benzene ring substituents is 1. The molecule has 1 heterocycles. The van der Waals surface area contributed by atoms with E-state index in [9.17, 15) is 19.3 Å². The molecule has 1 aliphatic heterocycles. The fourth-order valence-corrected chi connectivity index (χ4v) is 2.61. The highest BCUT2D eigenvalue weighted by molar-refractivity contribution is 6.31. The summed E-state index contributed by atoms with van der Waals surface area (Å²) in [5.74, 6) is -0.668. The van der Waals surface area contributed by atoms with E-state index in [-0.39, 0.29) is 22.4 Å². The molecule has 1 fully saturated rings. The van der Waals surface area contributed by atoms with Gasteiger partial charge in [0, 0.05) is 19.0 Å². The van der Waals surface area contributed by atoms with Crippen LogP contribution in [0.25, 0.3) is 0 Å². The zero-order chi connectivity index (χ0) is 14.9. The summed E-state index contributed by atoms with van der Waals surface area (Å²) in [7, 11) is 0. The highest BCUT2D eigenvalue weighted by Gasteiger charge is 2.27. The average Bonchev–Trinajstić information content (AvgIpc) is 2.41. The predicted molar refractivity (Wildman–Crippen MR) is 73.7 cm³/mol. The minimum Gasteiger partial charge on any atom is -0.366 e. The van der Waals surface area contributed by atoms with Gasteiger partial charge in [0.1, 0.15) is 17.3 Å². The Kier molecular flexibility index (Phi) is 4.23. The first-order valence-electron chi connectivity index (χ1n) is 6.29. The number of carbonyl (C=O) groups is 1. The van der Waals surface area contributed by atoms with Crippen LogP contribution in [0, 0.1) is 21.8 Å². The molecule has 0 N–H and O–H groups in total. The van der Waals surface area contributed by atoms with Gasteiger partial charge < -0.3 is 4.90 Å². The van der Waals surface area contributed by atoms with Gasteiger partial charge in [-0.25, -0.2) is 4.39 Å². The molecule has 1 aliphatic rings. The lowest BCUT2D eigenvalue weighted by Gasteiger charge is -2.32. The van der Waals surface area contributed by atoms with Gasteiger partial charge in [0.15, 0.2) is 0 Å². The largest absolute Gasteiger partial charge is 0.366 e. The van der Waals surface area contributed by atoms with E-state index < -0.39 is 10.7 Å². The van der Waals surface area contributed by atoms with Crippen LogP contribution in [0.1, 0.15) is 19.8 Å². The van der Waals surface area contributed by atoms with Crippen molar-refractivity contribution >= 4 is 28.8 Å². The predicted octanol–water partition coefficient (Wildman–Crippen LogP) is 3.19. The van der Waals surface area contributed by atoms with Gasteiger partial charge in [0.05, 0.1) is 16.0 Å². The Balaban J connectivity index is 2.27. The maximum atomic E-state index is 13.4. The molecule has 108 valence electrons. The number of benzene rings is 1. The molecule has 0 amide bonds. The Hall–Kier alpha value is -1.69. The van der Waals surface area contributed by atoms with Gasteiger partial charge in [-0.2, -0.15) is 0 Å². The lowest BCUT2D eigenvalue weighted by atomic mass is 9.93. The van der Waals surface area contributed by atoms with E-state index in [2.05, 4.69) is 0 Å². The van der Waals surface area contributed by atoms with Crippen molar-refractivity contribution in [3.8, 4) is 0 Å². The monoisotopic (exact) mass is 300 g/mol. The topological polar surface area (TPSA) is 63.5 Å². The van der Waals surface area contributed by atoms with E-state index >= 15 is 0 Å². The fourth-order valence-electron chi connectivity index (χ4n) is 2.45. The van der Waals surface area contributed by atoms with E-state index in [0.29, 0.717) is 31.6 Å². The van der Waals surface area contributed by atoms with Crippen LogP contribution < -0.4 is 4.90 Å². The summed E-state index contributed by atoms with van der Waals surface area (Å²) < 4.78 is 13.4. The van der Waals surface area contributed by atoms with E-state index in [4.69, 9.17) is 11.6 Å². The molecular weight excluding hydrogens is 287 g/mol. The molecule has 0 unspecified atom stereocenters. The van der Waals surface area contributed by atoms with Crippen molar-refractivity contribution in [1.29, 1.82) is 0 Å². The molecule has 20 heavy (non-hydrogen) atoms. The molecule has 0 spiro atoms. The number of Topliss-reactive ketones (excluding diaryl/α,β-unsaturated/α-hetero) is 1. The third kappa shape index (κ3) is 2.90. The zero-order valence-electron chi connectivity index (χ0n) is 10.9. The molecule has 1 aromatic rings. The molecule has 0 bridgehead atoms. The number of hydrogen-bond acceptors (Lipinski definition) is 4. The van der Waals surface area contributed by atoms with Crippen molar-refractivity contribution in [2.75, 3.05) is 18.0 Å². The molecule has 0 aromatic heterocycles. The summed E-state index contributed by atoms with van der Waals surface area (Å²) in [4.78, 5) is 23.5. The highest BCUT2D eigenvalue weighted by Crippen LogP contribution is 2.35. The Bertz CT molecular complexity index is 557. The van der Waals surface area contributed by atoms with Crippen LogP contribution in [0.3, 0.4) is 0 Å². The highest BCUT2D eigenvalue weighted by atomic mass is 35.5. The molecule has 0 aliphatic carbocycles. The van der Waals surface area contributed by atoms with Crippen LogP contribution in [-0.4, -0.2) is 23.8 Å². The normalized spacial score (nSPS) is 16.2. The van der Waals surface area contributed by atoms with Crippen LogP contribution in [0.4, 0.5) is 15.8 Å². The summed E-state index contributed by atoms with van der Waals surface area (Å²) in [5, 5.41) is 10.9.